The predicted molar refractivity (Wildman–Crippen MR) is 84.2 cm³/mol. The number of benzene rings is 1. The summed E-state index contributed by atoms with van der Waals surface area (Å²) in [4.78, 5) is 2.14. The van der Waals surface area contributed by atoms with Gasteiger partial charge in [-0.15, -0.1) is 0 Å². The molecule has 22 heavy (non-hydrogen) atoms. The van der Waals surface area contributed by atoms with Gasteiger partial charge in [-0.05, 0) is 49.3 Å². The Kier molecular flexibility index (Phi) is 4.37. The summed E-state index contributed by atoms with van der Waals surface area (Å²) in [6.07, 6.45) is 1.56. The molecule has 5 nitrogen and oxygen atoms in total. The van der Waals surface area contributed by atoms with E-state index in [-0.39, 0.29) is 11.9 Å². The lowest BCUT2D eigenvalue weighted by Crippen LogP contribution is -2.39. The highest BCUT2D eigenvalue weighted by atomic mass is 32.1. The van der Waals surface area contributed by atoms with Gasteiger partial charge in [0.25, 0.3) is 0 Å². The highest BCUT2D eigenvalue weighted by molar-refractivity contribution is 7.71. The molecule has 7 heteroatoms. The molecule has 1 aliphatic rings. The molecular formula is C15H19FN4OS. The molecule has 0 unspecified atom stereocenters. The minimum atomic E-state index is -0.275. The van der Waals surface area contributed by atoms with Crippen molar-refractivity contribution in [2.24, 2.45) is 7.05 Å². The second-order valence-electron chi connectivity index (χ2n) is 5.69. The molecule has 0 bridgehead atoms. The van der Waals surface area contributed by atoms with Crippen LogP contribution in [0.2, 0.25) is 0 Å². The van der Waals surface area contributed by atoms with Gasteiger partial charge in [-0.1, -0.05) is 0 Å². The lowest BCUT2D eigenvalue weighted by atomic mass is 10.1. The third kappa shape index (κ3) is 3.11. The number of nitrogens with zero attached hydrogens (tertiary/aromatic N) is 4. The van der Waals surface area contributed by atoms with E-state index < -0.39 is 0 Å². The molecule has 1 saturated heterocycles. The number of aromatic nitrogens is 3. The second-order valence-corrected chi connectivity index (χ2v) is 6.05. The summed E-state index contributed by atoms with van der Waals surface area (Å²) in [5, 5.41) is 14.3. The van der Waals surface area contributed by atoms with Crippen molar-refractivity contribution >= 4 is 12.2 Å². The molecule has 1 aromatic carbocycles. The number of likely N-dealkylation sites (tertiary alicyclic amines) is 1. The number of piperidine rings is 1. The van der Waals surface area contributed by atoms with Gasteiger partial charge in [0.05, 0.1) is 12.8 Å². The van der Waals surface area contributed by atoms with Crippen LogP contribution in [-0.2, 0) is 13.7 Å². The maximum absolute atomic E-state index is 13.0. The fourth-order valence-electron chi connectivity index (χ4n) is 2.78. The van der Waals surface area contributed by atoms with E-state index in [0.29, 0.717) is 23.8 Å². The predicted octanol–water partition coefficient (Wildman–Crippen LogP) is 2.17. The van der Waals surface area contributed by atoms with E-state index in [1.807, 2.05) is 11.6 Å². The Balaban J connectivity index is 1.86. The van der Waals surface area contributed by atoms with Crippen molar-refractivity contribution < 1.29 is 9.50 Å². The van der Waals surface area contributed by atoms with E-state index in [1.54, 1.807) is 16.8 Å². The van der Waals surface area contributed by atoms with Crippen LogP contribution in [0.15, 0.2) is 24.3 Å². The fourth-order valence-corrected chi connectivity index (χ4v) is 2.96. The number of rotatable bonds is 3. The largest absolute Gasteiger partial charge is 0.392 e. The summed E-state index contributed by atoms with van der Waals surface area (Å²) in [7, 11) is 1.86. The number of β-amino-alcohol motifs (C(OH)–C–C–N with tert-alkyl or cyclic N) is 1. The zero-order valence-electron chi connectivity index (χ0n) is 12.4. The minimum Gasteiger partial charge on any atom is -0.392 e. The molecule has 1 N–H and O–H groups in total. The van der Waals surface area contributed by atoms with Gasteiger partial charge in [-0.2, -0.15) is 5.10 Å². The quantitative estimate of drug-likeness (QED) is 0.880. The van der Waals surface area contributed by atoms with Gasteiger partial charge < -0.3 is 9.67 Å². The monoisotopic (exact) mass is 322 g/mol. The molecule has 118 valence electrons. The summed E-state index contributed by atoms with van der Waals surface area (Å²) < 4.78 is 17.2. The van der Waals surface area contributed by atoms with E-state index in [0.717, 1.165) is 24.9 Å². The molecule has 0 amide bonds. The van der Waals surface area contributed by atoms with Crippen molar-refractivity contribution in [3.63, 3.8) is 0 Å². The first kappa shape index (κ1) is 15.3. The van der Waals surface area contributed by atoms with Crippen molar-refractivity contribution in [3.05, 3.63) is 34.9 Å². The van der Waals surface area contributed by atoms with Gasteiger partial charge in [-0.3, -0.25) is 4.90 Å². The molecule has 1 aliphatic heterocycles. The van der Waals surface area contributed by atoms with E-state index >= 15 is 0 Å². The van der Waals surface area contributed by atoms with Crippen LogP contribution in [0.25, 0.3) is 11.4 Å². The number of aliphatic hydroxyl groups excluding tert-OH is 1. The molecule has 2 aromatic rings. The van der Waals surface area contributed by atoms with E-state index in [2.05, 4.69) is 10.00 Å². The number of hydrogen-bond acceptors (Lipinski definition) is 4. The number of halogens is 1. The first-order valence-electron chi connectivity index (χ1n) is 7.35. The Morgan fingerprint density at radius 3 is 2.77 bits per heavy atom. The van der Waals surface area contributed by atoms with Gasteiger partial charge in [0.2, 0.25) is 0 Å². The normalized spacial score (nSPS) is 19.5. The summed E-state index contributed by atoms with van der Waals surface area (Å²) in [6, 6.07) is 6.22. The van der Waals surface area contributed by atoms with Crippen molar-refractivity contribution in [1.82, 2.24) is 19.2 Å². The van der Waals surface area contributed by atoms with Crippen LogP contribution in [0.5, 0.6) is 0 Å². The van der Waals surface area contributed by atoms with Gasteiger partial charge in [0.1, 0.15) is 5.82 Å². The highest BCUT2D eigenvalue weighted by Gasteiger charge is 2.19. The van der Waals surface area contributed by atoms with E-state index in [1.165, 1.54) is 12.1 Å². The first-order chi connectivity index (χ1) is 10.5. The molecule has 3 rings (SSSR count). The summed E-state index contributed by atoms with van der Waals surface area (Å²) in [6.45, 7) is 2.14. The third-order valence-corrected chi connectivity index (χ3v) is 4.44. The van der Waals surface area contributed by atoms with Crippen LogP contribution >= 0.6 is 12.2 Å². The van der Waals surface area contributed by atoms with Crippen LogP contribution in [0.4, 0.5) is 4.39 Å². The summed E-state index contributed by atoms with van der Waals surface area (Å²) >= 11 is 5.44. The Morgan fingerprint density at radius 2 is 2.09 bits per heavy atom. The zero-order valence-corrected chi connectivity index (χ0v) is 13.3. The van der Waals surface area contributed by atoms with Crippen molar-refractivity contribution in [1.29, 1.82) is 0 Å². The topological polar surface area (TPSA) is 46.2 Å². The minimum absolute atomic E-state index is 0.272. The molecule has 0 spiro atoms. The molecule has 0 saturated carbocycles. The second kappa shape index (κ2) is 6.28. The van der Waals surface area contributed by atoms with Crippen LogP contribution in [-0.4, -0.2) is 43.5 Å². The van der Waals surface area contributed by atoms with E-state index in [4.69, 9.17) is 12.2 Å². The van der Waals surface area contributed by atoms with Crippen molar-refractivity contribution in [2.45, 2.75) is 25.6 Å². The van der Waals surface area contributed by atoms with Gasteiger partial charge in [0, 0.05) is 25.7 Å². The molecule has 1 atom stereocenters. The van der Waals surface area contributed by atoms with Gasteiger partial charge >= 0.3 is 0 Å². The number of hydrogen-bond donors (Lipinski definition) is 1. The molecular weight excluding hydrogens is 303 g/mol. The highest BCUT2D eigenvalue weighted by Crippen LogP contribution is 2.18. The Morgan fingerprint density at radius 1 is 1.36 bits per heavy atom. The summed E-state index contributed by atoms with van der Waals surface area (Å²) in [5.74, 6) is 0.439. The smallest absolute Gasteiger partial charge is 0.199 e. The lowest BCUT2D eigenvalue weighted by molar-refractivity contribution is 0.0513. The average Bonchev–Trinajstić information content (AvgIpc) is 2.77. The third-order valence-electron chi connectivity index (χ3n) is 3.96. The van der Waals surface area contributed by atoms with Crippen LogP contribution < -0.4 is 0 Å². The Labute approximate surface area is 133 Å². The Bertz CT molecular complexity index is 709. The molecule has 0 aliphatic carbocycles. The maximum Gasteiger partial charge on any atom is 0.199 e. The molecule has 1 fully saturated rings. The fraction of sp³-hybridized carbons (Fsp3) is 0.467. The zero-order chi connectivity index (χ0) is 15.7. The molecule has 1 aromatic heterocycles. The SMILES string of the molecule is Cn1c(-c2ccc(F)cc2)nn(CN2CCC[C@@H](O)C2)c1=S. The van der Waals surface area contributed by atoms with Crippen molar-refractivity contribution in [3.8, 4) is 11.4 Å². The first-order valence-corrected chi connectivity index (χ1v) is 7.75. The standard InChI is InChI=1S/C15H19FN4OS/c1-18-14(11-4-6-12(16)7-5-11)17-20(15(18)22)10-19-8-2-3-13(21)9-19/h4-7,13,21H,2-3,8-10H2,1H3/t13-/m1/s1. The molecule has 2 heterocycles. The average molecular weight is 322 g/mol. The number of aliphatic hydroxyl groups is 1. The van der Waals surface area contributed by atoms with E-state index in [9.17, 15) is 9.50 Å². The molecule has 0 radical (unpaired) electrons. The van der Waals surface area contributed by atoms with Gasteiger partial charge in [-0.25, -0.2) is 9.07 Å². The van der Waals surface area contributed by atoms with Crippen LogP contribution in [0, 0.1) is 10.6 Å². The maximum atomic E-state index is 13.0. The van der Waals surface area contributed by atoms with Crippen LogP contribution in [0.1, 0.15) is 12.8 Å². The van der Waals surface area contributed by atoms with Crippen LogP contribution in [0.3, 0.4) is 0 Å². The van der Waals surface area contributed by atoms with Gasteiger partial charge in [0.15, 0.2) is 10.6 Å². The van der Waals surface area contributed by atoms with Crippen molar-refractivity contribution in [2.75, 3.05) is 13.1 Å². The Hall–Kier alpha value is -1.57. The summed E-state index contributed by atoms with van der Waals surface area (Å²) in [5.41, 5.74) is 0.826. The lowest BCUT2D eigenvalue weighted by Gasteiger charge is -2.29.